The van der Waals surface area contributed by atoms with Crippen LogP contribution in [0, 0.1) is 0 Å². The van der Waals surface area contributed by atoms with E-state index >= 15 is 0 Å². The average molecular weight is 931 g/mol. The minimum Gasteiger partial charge on any atom is -0.464 e. The van der Waals surface area contributed by atoms with Crippen LogP contribution in [0.2, 0.25) is 0 Å². The number of aromatic nitrogens is 4. The number of carbonyl (C=O) groups excluding carboxylic acids is 4. The number of urea groups is 1. The van der Waals surface area contributed by atoms with Crippen molar-refractivity contribution in [2.75, 3.05) is 71.0 Å². The monoisotopic (exact) mass is 928 g/mol. The van der Waals surface area contributed by atoms with E-state index in [1.54, 1.807) is 78.0 Å². The van der Waals surface area contributed by atoms with Gasteiger partial charge in [-0.05, 0) is 73.5 Å². The highest BCUT2D eigenvalue weighted by Crippen LogP contribution is 2.39. The van der Waals surface area contributed by atoms with E-state index in [-0.39, 0.29) is 17.8 Å². The Kier molecular flexibility index (Phi) is 12.8. The number of ether oxygens (including phenoxy) is 3. The molecule has 19 heteroatoms. The van der Waals surface area contributed by atoms with Crippen LogP contribution in [0.15, 0.2) is 100 Å². The van der Waals surface area contributed by atoms with E-state index in [4.69, 9.17) is 9.47 Å². The Balaban J connectivity index is 0.000000140. The number of fused-ring (bicyclic) bond motifs is 8. The number of carbonyl (C=O) groups is 4. The summed E-state index contributed by atoms with van der Waals surface area (Å²) in [5, 5.41) is 8.69. The van der Waals surface area contributed by atoms with Crippen LogP contribution in [0.1, 0.15) is 33.8 Å². The van der Waals surface area contributed by atoms with Gasteiger partial charge >= 0.3 is 24.1 Å². The summed E-state index contributed by atoms with van der Waals surface area (Å²) in [4.78, 5) is 70.6. The second-order valence-electron chi connectivity index (χ2n) is 13.4. The number of hydrogen-bond acceptors (Lipinski definition) is 14. The molecule has 0 spiro atoms. The number of anilines is 6. The van der Waals surface area contributed by atoms with Gasteiger partial charge in [0.25, 0.3) is 0 Å². The van der Waals surface area contributed by atoms with Gasteiger partial charge in [0.15, 0.2) is 23.0 Å². The number of methoxy groups -OCH3 is 2. The predicted octanol–water partition coefficient (Wildman–Crippen LogP) is 6.98. The molecule has 59 heavy (non-hydrogen) atoms. The summed E-state index contributed by atoms with van der Waals surface area (Å²) < 4.78 is 16.1. The van der Waals surface area contributed by atoms with Gasteiger partial charge in [0, 0.05) is 53.6 Å². The molecule has 3 amide bonds. The Morgan fingerprint density at radius 3 is 2.00 bits per heavy atom. The molecule has 304 valence electrons. The maximum absolute atomic E-state index is 13.0. The van der Waals surface area contributed by atoms with Crippen molar-refractivity contribution < 1.29 is 33.4 Å². The Morgan fingerprint density at radius 2 is 1.34 bits per heavy atom. The zero-order valence-corrected chi connectivity index (χ0v) is 35.0. The molecule has 0 radical (unpaired) electrons. The topological polar surface area (TPSA) is 193 Å². The molecule has 17 nitrogen and oxygen atoms in total. The molecule has 2 fully saturated rings. The van der Waals surface area contributed by atoms with Crippen LogP contribution in [0.3, 0.4) is 0 Å². The fourth-order valence-electron chi connectivity index (χ4n) is 6.85. The van der Waals surface area contributed by atoms with Crippen molar-refractivity contribution in [1.82, 2.24) is 19.9 Å². The van der Waals surface area contributed by atoms with E-state index in [9.17, 15) is 19.2 Å². The summed E-state index contributed by atoms with van der Waals surface area (Å²) >= 11 is 6.65. The lowest BCUT2D eigenvalue weighted by atomic mass is 10.2. The van der Waals surface area contributed by atoms with Crippen molar-refractivity contribution in [3.63, 3.8) is 0 Å². The highest BCUT2D eigenvalue weighted by Gasteiger charge is 2.41. The molecule has 0 unspecified atom stereocenters. The number of nitrogens with zero attached hydrogens (tertiary/aromatic N) is 7. The third-order valence-electron chi connectivity index (χ3n) is 9.57. The smallest absolute Gasteiger partial charge is 0.418 e. The SMILES string of the molecule is COC(=O)c1ccc2c(n1)N(C(=O)Nc1cc(Br)ccn1)[C@H]1CCN2C1.COC(=O)c1ccc2c(n1)N[C@H]1CCN2C1.O=C(Nc1cc(Br)ccn1)Oc1ccccc1. The second-order valence-corrected chi connectivity index (χ2v) is 15.2. The van der Waals surface area contributed by atoms with Crippen LogP contribution in [0.5, 0.6) is 5.75 Å². The summed E-state index contributed by atoms with van der Waals surface area (Å²) in [5.74, 6) is 1.70. The Hall–Kier alpha value is -6.34. The first-order valence-corrected chi connectivity index (χ1v) is 20.0. The fourth-order valence-corrected chi connectivity index (χ4v) is 7.52. The van der Waals surface area contributed by atoms with E-state index in [2.05, 4.69) is 82.3 Å². The fraction of sp³-hybridized carbons (Fsp3) is 0.250. The molecule has 4 aliphatic heterocycles. The van der Waals surface area contributed by atoms with Gasteiger partial charge in [-0.15, -0.1) is 0 Å². The highest BCUT2D eigenvalue weighted by atomic mass is 79.9. The molecule has 4 bridgehead atoms. The van der Waals surface area contributed by atoms with Crippen LogP contribution >= 0.6 is 31.9 Å². The molecule has 1 aromatic carbocycles. The molecule has 0 saturated carbocycles. The van der Waals surface area contributed by atoms with Crippen molar-refractivity contribution in [1.29, 1.82) is 0 Å². The number of hydrogen-bond donors (Lipinski definition) is 3. The maximum atomic E-state index is 13.0. The van der Waals surface area contributed by atoms with Gasteiger partial charge < -0.3 is 29.3 Å². The van der Waals surface area contributed by atoms with Crippen LogP contribution in [-0.2, 0) is 9.47 Å². The number of para-hydroxylation sites is 1. The molecule has 4 aromatic heterocycles. The van der Waals surface area contributed by atoms with Gasteiger partial charge in [-0.1, -0.05) is 50.1 Å². The Morgan fingerprint density at radius 1 is 0.729 bits per heavy atom. The van der Waals surface area contributed by atoms with Crippen molar-refractivity contribution in [2.24, 2.45) is 0 Å². The summed E-state index contributed by atoms with van der Waals surface area (Å²) in [6.07, 6.45) is 4.59. The Labute approximate surface area is 355 Å². The van der Waals surface area contributed by atoms with E-state index in [1.165, 1.54) is 14.2 Å². The number of esters is 2. The van der Waals surface area contributed by atoms with E-state index < -0.39 is 18.0 Å². The van der Waals surface area contributed by atoms with Crippen molar-refractivity contribution in [2.45, 2.75) is 24.9 Å². The molecule has 9 rings (SSSR count). The standard InChI is InChI=1S/C17H16BrN5O3.C12H9BrN2O2.C11H13N3O2/c1-26-16(24)12-2-3-13-15(20-12)23(11-5-7-22(13)9-11)17(25)21-14-8-10(18)4-6-19-14;13-9-6-7-14-11(8-9)15-12(16)17-10-4-2-1-3-5-10;1-16-11(15)8-2-3-9-10(13-8)12-7-4-5-14(9)6-7/h2-4,6,8,11H,5,7,9H2,1H3,(H,19,21,25);1-8H,(H,14,15,16);2-3,7H,4-6H2,1H3,(H,12,13)/t11-;;7-/m0.0/s1. The lowest BCUT2D eigenvalue weighted by Gasteiger charge is -2.35. The minimum absolute atomic E-state index is 0.00458. The zero-order chi connectivity index (χ0) is 41.5. The van der Waals surface area contributed by atoms with Gasteiger partial charge in [0.05, 0.1) is 31.6 Å². The minimum atomic E-state index is -0.568. The molecular weight excluding hydrogens is 892 g/mol. The van der Waals surface area contributed by atoms with Crippen LogP contribution in [-0.4, -0.2) is 96.5 Å². The number of rotatable bonds is 5. The molecule has 0 aliphatic carbocycles. The normalized spacial score (nSPS) is 16.4. The highest BCUT2D eigenvalue weighted by molar-refractivity contribution is 9.10. The van der Waals surface area contributed by atoms with E-state index in [0.717, 1.165) is 65.2 Å². The number of pyridine rings is 4. The second kappa shape index (κ2) is 18.5. The number of nitrogens with one attached hydrogen (secondary N) is 3. The molecular formula is C40H38Br2N10O7. The average Bonchev–Trinajstić information content (AvgIpc) is 3.84. The quantitative estimate of drug-likeness (QED) is 0.153. The molecule has 5 aromatic rings. The van der Waals surface area contributed by atoms with Crippen molar-refractivity contribution in [3.05, 3.63) is 112 Å². The van der Waals surface area contributed by atoms with Crippen molar-refractivity contribution >= 4 is 90.6 Å². The lowest BCUT2D eigenvalue weighted by molar-refractivity contribution is 0.0585. The van der Waals surface area contributed by atoms with E-state index in [1.807, 2.05) is 18.2 Å². The molecule has 8 heterocycles. The van der Waals surface area contributed by atoms with Gasteiger partial charge in [0.2, 0.25) is 0 Å². The predicted molar refractivity (Wildman–Crippen MR) is 227 cm³/mol. The van der Waals surface area contributed by atoms with Crippen LogP contribution < -0.4 is 35.4 Å². The summed E-state index contributed by atoms with van der Waals surface area (Å²) in [6, 6.07) is 23.0. The first-order valence-electron chi connectivity index (χ1n) is 18.4. The number of amides is 3. The molecule has 3 N–H and O–H groups in total. The number of benzene rings is 1. The van der Waals surface area contributed by atoms with Gasteiger partial charge in [0.1, 0.15) is 17.4 Å². The van der Waals surface area contributed by atoms with Gasteiger partial charge in [-0.25, -0.2) is 39.1 Å². The van der Waals surface area contributed by atoms with Crippen molar-refractivity contribution in [3.8, 4) is 5.75 Å². The van der Waals surface area contributed by atoms with Crippen LogP contribution in [0.25, 0.3) is 0 Å². The lowest BCUT2D eigenvalue weighted by Crippen LogP contribution is -2.48. The first kappa shape index (κ1) is 40.8. The Bertz CT molecular complexity index is 2360. The van der Waals surface area contributed by atoms with Gasteiger partial charge in [-0.2, -0.15) is 0 Å². The maximum Gasteiger partial charge on any atom is 0.418 e. The summed E-state index contributed by atoms with van der Waals surface area (Å²) in [7, 11) is 2.67. The van der Waals surface area contributed by atoms with Crippen LogP contribution in [0.4, 0.5) is 44.2 Å². The molecule has 2 saturated heterocycles. The summed E-state index contributed by atoms with van der Waals surface area (Å²) in [5.41, 5.74) is 2.45. The summed E-state index contributed by atoms with van der Waals surface area (Å²) in [6.45, 7) is 3.68. The largest absolute Gasteiger partial charge is 0.464 e. The van der Waals surface area contributed by atoms with E-state index in [0.29, 0.717) is 34.9 Å². The number of halogens is 2. The van der Waals surface area contributed by atoms with Gasteiger partial charge in [-0.3, -0.25) is 15.5 Å². The first-order chi connectivity index (χ1) is 28.6. The molecule has 2 atom stereocenters. The zero-order valence-electron chi connectivity index (χ0n) is 31.8. The third kappa shape index (κ3) is 9.86. The third-order valence-corrected chi connectivity index (χ3v) is 10.6. The molecule has 4 aliphatic rings.